The summed E-state index contributed by atoms with van der Waals surface area (Å²) in [6.07, 6.45) is 0. The molecule has 0 radical (unpaired) electrons. The Labute approximate surface area is 130 Å². The van der Waals surface area contributed by atoms with E-state index in [4.69, 9.17) is 5.73 Å². The Morgan fingerprint density at radius 2 is 1.41 bits per heavy atom. The van der Waals surface area contributed by atoms with Gasteiger partial charge in [-0.1, -0.05) is 35.9 Å². The zero-order valence-electron chi connectivity index (χ0n) is 13.1. The van der Waals surface area contributed by atoms with E-state index in [1.54, 1.807) is 0 Å². The first-order valence-electron chi connectivity index (χ1n) is 7.32. The third-order valence-electron chi connectivity index (χ3n) is 3.86. The molecule has 0 saturated heterocycles. The molecule has 0 fully saturated rings. The lowest BCUT2D eigenvalue weighted by Gasteiger charge is -2.08. The van der Waals surface area contributed by atoms with Gasteiger partial charge in [0.25, 0.3) is 0 Å². The lowest BCUT2D eigenvalue weighted by molar-refractivity contribution is 1.19. The molecule has 22 heavy (non-hydrogen) atoms. The molecule has 3 heteroatoms. The number of nitrogens with two attached hydrogens (primary N) is 1. The standard InChI is InChI=1S/C19H19N3/c1-12-5-4-6-15(9-12)17-11-18(22-19(20)21-17)16-8-7-13(2)14(3)10-16/h4-11H,1-3H3,(H2,20,21,22). The van der Waals surface area contributed by atoms with Gasteiger partial charge in [0.05, 0.1) is 11.4 Å². The van der Waals surface area contributed by atoms with Crippen LogP contribution in [0.2, 0.25) is 0 Å². The fraction of sp³-hybridized carbons (Fsp3) is 0.158. The Balaban J connectivity index is 2.12. The second-order valence-corrected chi connectivity index (χ2v) is 5.67. The van der Waals surface area contributed by atoms with Gasteiger partial charge in [-0.2, -0.15) is 0 Å². The first kappa shape index (κ1) is 14.3. The molecular weight excluding hydrogens is 270 g/mol. The van der Waals surface area contributed by atoms with Gasteiger partial charge in [0.2, 0.25) is 5.95 Å². The number of nitrogens with zero attached hydrogens (tertiary/aromatic N) is 2. The summed E-state index contributed by atoms with van der Waals surface area (Å²) in [4.78, 5) is 8.77. The highest BCUT2D eigenvalue weighted by Crippen LogP contribution is 2.26. The molecule has 0 amide bonds. The molecule has 3 aromatic rings. The molecule has 1 aromatic heterocycles. The fourth-order valence-corrected chi connectivity index (χ4v) is 2.47. The van der Waals surface area contributed by atoms with Crippen molar-refractivity contribution in [1.29, 1.82) is 0 Å². The molecule has 0 atom stereocenters. The van der Waals surface area contributed by atoms with Gasteiger partial charge in [0.1, 0.15) is 0 Å². The smallest absolute Gasteiger partial charge is 0.221 e. The van der Waals surface area contributed by atoms with Crippen LogP contribution >= 0.6 is 0 Å². The number of hydrogen-bond donors (Lipinski definition) is 1. The molecule has 1 heterocycles. The Bertz CT molecular complexity index is 838. The van der Waals surface area contributed by atoms with E-state index < -0.39 is 0 Å². The lowest BCUT2D eigenvalue weighted by atomic mass is 10.0. The van der Waals surface area contributed by atoms with Crippen LogP contribution in [0.1, 0.15) is 16.7 Å². The van der Waals surface area contributed by atoms with Crippen molar-refractivity contribution in [3.8, 4) is 22.5 Å². The number of anilines is 1. The largest absolute Gasteiger partial charge is 0.368 e. The van der Waals surface area contributed by atoms with E-state index in [9.17, 15) is 0 Å². The molecule has 2 aromatic carbocycles. The molecule has 0 aliphatic heterocycles. The molecule has 3 nitrogen and oxygen atoms in total. The average molecular weight is 289 g/mol. The van der Waals surface area contributed by atoms with Crippen molar-refractivity contribution < 1.29 is 0 Å². The van der Waals surface area contributed by atoms with E-state index in [1.807, 2.05) is 18.2 Å². The minimum absolute atomic E-state index is 0.298. The topological polar surface area (TPSA) is 51.8 Å². The monoisotopic (exact) mass is 289 g/mol. The van der Waals surface area contributed by atoms with Crippen LogP contribution < -0.4 is 5.73 Å². The first-order valence-corrected chi connectivity index (χ1v) is 7.32. The van der Waals surface area contributed by atoms with Crippen molar-refractivity contribution >= 4 is 5.95 Å². The predicted molar refractivity (Wildman–Crippen MR) is 91.5 cm³/mol. The SMILES string of the molecule is Cc1cccc(-c2cc(-c3ccc(C)c(C)c3)nc(N)n2)c1. The number of benzene rings is 2. The van der Waals surface area contributed by atoms with Crippen molar-refractivity contribution in [1.82, 2.24) is 9.97 Å². The average Bonchev–Trinajstić information content (AvgIpc) is 2.49. The second-order valence-electron chi connectivity index (χ2n) is 5.67. The number of hydrogen-bond acceptors (Lipinski definition) is 3. The van der Waals surface area contributed by atoms with E-state index >= 15 is 0 Å². The lowest BCUT2D eigenvalue weighted by Crippen LogP contribution is -1.99. The third kappa shape index (κ3) is 2.84. The third-order valence-corrected chi connectivity index (χ3v) is 3.86. The maximum Gasteiger partial charge on any atom is 0.221 e. The first-order chi connectivity index (χ1) is 10.5. The molecule has 0 aliphatic carbocycles. The zero-order chi connectivity index (χ0) is 15.7. The van der Waals surface area contributed by atoms with Crippen molar-refractivity contribution in [3.63, 3.8) is 0 Å². The Kier molecular flexibility index (Phi) is 3.63. The van der Waals surface area contributed by atoms with E-state index in [2.05, 4.69) is 61.1 Å². The Morgan fingerprint density at radius 3 is 2.05 bits per heavy atom. The summed E-state index contributed by atoms with van der Waals surface area (Å²) in [5.74, 6) is 0.298. The maximum absolute atomic E-state index is 5.92. The molecule has 0 unspecified atom stereocenters. The van der Waals surface area contributed by atoms with Crippen LogP contribution in [0.15, 0.2) is 48.5 Å². The summed E-state index contributed by atoms with van der Waals surface area (Å²) in [7, 11) is 0. The minimum Gasteiger partial charge on any atom is -0.368 e. The van der Waals surface area contributed by atoms with Crippen LogP contribution in [0, 0.1) is 20.8 Å². The van der Waals surface area contributed by atoms with Crippen molar-refractivity contribution in [2.45, 2.75) is 20.8 Å². The maximum atomic E-state index is 5.92. The molecule has 110 valence electrons. The van der Waals surface area contributed by atoms with Gasteiger partial charge in [0, 0.05) is 11.1 Å². The van der Waals surface area contributed by atoms with E-state index in [1.165, 1.54) is 16.7 Å². The number of aromatic nitrogens is 2. The summed E-state index contributed by atoms with van der Waals surface area (Å²) < 4.78 is 0. The number of aryl methyl sites for hydroxylation is 3. The zero-order valence-corrected chi connectivity index (χ0v) is 13.1. The van der Waals surface area contributed by atoms with Crippen molar-refractivity contribution in [2.24, 2.45) is 0 Å². The van der Waals surface area contributed by atoms with E-state index in [-0.39, 0.29) is 0 Å². The fourth-order valence-electron chi connectivity index (χ4n) is 2.47. The molecule has 0 saturated carbocycles. The van der Waals surface area contributed by atoms with E-state index in [0.29, 0.717) is 5.95 Å². The van der Waals surface area contributed by atoms with Crippen LogP contribution in [0.5, 0.6) is 0 Å². The molecule has 3 rings (SSSR count). The number of nitrogen functional groups attached to an aromatic ring is 1. The van der Waals surface area contributed by atoms with Crippen molar-refractivity contribution in [3.05, 3.63) is 65.2 Å². The summed E-state index contributed by atoms with van der Waals surface area (Å²) in [5.41, 5.74) is 13.4. The van der Waals surface area contributed by atoms with Crippen LogP contribution in [-0.4, -0.2) is 9.97 Å². The molecular formula is C19H19N3. The summed E-state index contributed by atoms with van der Waals surface area (Å²) in [5, 5.41) is 0. The summed E-state index contributed by atoms with van der Waals surface area (Å²) >= 11 is 0. The quantitative estimate of drug-likeness (QED) is 0.764. The highest BCUT2D eigenvalue weighted by molar-refractivity contribution is 5.70. The van der Waals surface area contributed by atoms with Crippen LogP contribution in [0.3, 0.4) is 0 Å². The van der Waals surface area contributed by atoms with Gasteiger partial charge in [-0.25, -0.2) is 9.97 Å². The van der Waals surface area contributed by atoms with Crippen LogP contribution in [-0.2, 0) is 0 Å². The summed E-state index contributed by atoms with van der Waals surface area (Å²) in [6.45, 7) is 6.27. The highest BCUT2D eigenvalue weighted by atomic mass is 15.0. The molecule has 2 N–H and O–H groups in total. The second kappa shape index (κ2) is 5.60. The van der Waals surface area contributed by atoms with Gasteiger partial charge in [-0.15, -0.1) is 0 Å². The highest BCUT2D eigenvalue weighted by Gasteiger charge is 2.08. The van der Waals surface area contributed by atoms with Gasteiger partial charge < -0.3 is 5.73 Å². The Hall–Kier alpha value is -2.68. The number of rotatable bonds is 2. The molecule has 0 bridgehead atoms. The van der Waals surface area contributed by atoms with Gasteiger partial charge in [0.15, 0.2) is 0 Å². The van der Waals surface area contributed by atoms with Gasteiger partial charge in [-0.05, 0) is 50.1 Å². The van der Waals surface area contributed by atoms with Crippen LogP contribution in [0.4, 0.5) is 5.95 Å². The van der Waals surface area contributed by atoms with Crippen molar-refractivity contribution in [2.75, 3.05) is 5.73 Å². The minimum atomic E-state index is 0.298. The molecule has 0 spiro atoms. The van der Waals surface area contributed by atoms with Crippen LogP contribution in [0.25, 0.3) is 22.5 Å². The predicted octanol–water partition coefficient (Wildman–Crippen LogP) is 4.32. The van der Waals surface area contributed by atoms with Gasteiger partial charge >= 0.3 is 0 Å². The van der Waals surface area contributed by atoms with E-state index in [0.717, 1.165) is 22.5 Å². The Morgan fingerprint density at radius 1 is 0.727 bits per heavy atom. The van der Waals surface area contributed by atoms with Gasteiger partial charge in [-0.3, -0.25) is 0 Å². The molecule has 0 aliphatic rings. The normalized spacial score (nSPS) is 10.7. The summed E-state index contributed by atoms with van der Waals surface area (Å²) in [6, 6.07) is 16.5.